The Hall–Kier alpha value is -1.59. The van der Waals surface area contributed by atoms with Crippen LogP contribution in [0.2, 0.25) is 5.02 Å². The number of rotatable bonds is 7. The van der Waals surface area contributed by atoms with Crippen LogP contribution in [-0.2, 0) is 9.59 Å². The summed E-state index contributed by atoms with van der Waals surface area (Å²) in [6, 6.07) is 5.23. The first-order valence-corrected chi connectivity index (χ1v) is 7.27. The minimum atomic E-state index is -1.07. The number of anilines is 1. The van der Waals surface area contributed by atoms with Crippen molar-refractivity contribution < 1.29 is 14.7 Å². The summed E-state index contributed by atoms with van der Waals surface area (Å²) in [7, 11) is 0. The second-order valence-electron chi connectivity index (χ2n) is 4.96. The van der Waals surface area contributed by atoms with E-state index in [1.165, 1.54) is 0 Å². The topological polar surface area (TPSA) is 78.4 Å². The molecule has 1 aromatic rings. The van der Waals surface area contributed by atoms with E-state index in [-0.39, 0.29) is 12.5 Å². The molecule has 0 heterocycles. The van der Waals surface area contributed by atoms with Crippen molar-refractivity contribution in [3.63, 3.8) is 0 Å². The Bertz CT molecular complexity index is 528. The first-order valence-electron chi connectivity index (χ1n) is 6.89. The maximum absolute atomic E-state index is 11.9. The summed E-state index contributed by atoms with van der Waals surface area (Å²) in [5, 5.41) is 15.4. The van der Waals surface area contributed by atoms with Gasteiger partial charge in [-0.05, 0) is 37.5 Å². The molecule has 3 N–H and O–H groups in total. The van der Waals surface area contributed by atoms with Crippen molar-refractivity contribution in [2.24, 2.45) is 0 Å². The number of hydrogen-bond donors (Lipinski definition) is 3. The van der Waals surface area contributed by atoms with Crippen molar-refractivity contribution >= 4 is 29.2 Å². The maximum Gasteiger partial charge on any atom is 0.323 e. The van der Waals surface area contributed by atoms with E-state index in [2.05, 4.69) is 10.6 Å². The second kappa shape index (κ2) is 7.43. The standard InChI is InChI=1S/C15H21ClN2O3/c1-4-15(5-2,14(20)21)17-9-13(19)18-11-7-6-10(3)12(16)8-11/h6-8,17H,4-5,9H2,1-3H3,(H,18,19)(H,20,21). The summed E-state index contributed by atoms with van der Waals surface area (Å²) in [5.74, 6) is -1.25. The monoisotopic (exact) mass is 312 g/mol. The molecule has 21 heavy (non-hydrogen) atoms. The average molecular weight is 313 g/mol. The quantitative estimate of drug-likeness (QED) is 0.723. The first kappa shape index (κ1) is 17.5. The molecule has 1 amide bonds. The van der Waals surface area contributed by atoms with Crippen LogP contribution in [0, 0.1) is 6.92 Å². The molecule has 0 bridgehead atoms. The highest BCUT2D eigenvalue weighted by molar-refractivity contribution is 6.31. The summed E-state index contributed by atoms with van der Waals surface area (Å²) < 4.78 is 0. The Morgan fingerprint density at radius 1 is 1.29 bits per heavy atom. The van der Waals surface area contributed by atoms with Gasteiger partial charge in [-0.3, -0.25) is 14.9 Å². The number of carbonyl (C=O) groups is 2. The summed E-state index contributed by atoms with van der Waals surface area (Å²) in [6.45, 7) is 5.36. The van der Waals surface area contributed by atoms with Gasteiger partial charge in [0.1, 0.15) is 5.54 Å². The molecule has 0 saturated carbocycles. The zero-order valence-corrected chi connectivity index (χ0v) is 13.3. The van der Waals surface area contributed by atoms with Crippen molar-refractivity contribution in [1.29, 1.82) is 0 Å². The summed E-state index contributed by atoms with van der Waals surface area (Å²) in [5.41, 5.74) is 0.448. The molecule has 0 aliphatic carbocycles. The van der Waals surface area contributed by atoms with Crippen LogP contribution in [0.1, 0.15) is 32.3 Å². The molecular formula is C15H21ClN2O3. The molecule has 0 aliphatic rings. The van der Waals surface area contributed by atoms with Crippen molar-refractivity contribution in [3.8, 4) is 0 Å². The van der Waals surface area contributed by atoms with Crippen LogP contribution in [0.5, 0.6) is 0 Å². The zero-order valence-electron chi connectivity index (χ0n) is 12.5. The minimum Gasteiger partial charge on any atom is -0.480 e. The Labute approximate surface area is 129 Å². The number of hydrogen-bond acceptors (Lipinski definition) is 3. The molecule has 5 nitrogen and oxygen atoms in total. The van der Waals surface area contributed by atoms with Crippen LogP contribution < -0.4 is 10.6 Å². The smallest absolute Gasteiger partial charge is 0.323 e. The van der Waals surface area contributed by atoms with Crippen LogP contribution in [0.25, 0.3) is 0 Å². The van der Waals surface area contributed by atoms with E-state index in [1.807, 2.05) is 13.0 Å². The zero-order chi connectivity index (χ0) is 16.0. The highest BCUT2D eigenvalue weighted by Crippen LogP contribution is 2.20. The molecule has 0 atom stereocenters. The fourth-order valence-electron chi connectivity index (χ4n) is 2.00. The van der Waals surface area contributed by atoms with Gasteiger partial charge >= 0.3 is 5.97 Å². The van der Waals surface area contributed by atoms with Gasteiger partial charge in [-0.25, -0.2) is 0 Å². The molecule has 0 spiro atoms. The number of nitrogens with one attached hydrogen (secondary N) is 2. The summed E-state index contributed by atoms with van der Waals surface area (Å²) in [6.07, 6.45) is 0.810. The second-order valence-corrected chi connectivity index (χ2v) is 5.37. The highest BCUT2D eigenvalue weighted by Gasteiger charge is 2.34. The lowest BCUT2D eigenvalue weighted by atomic mass is 9.93. The van der Waals surface area contributed by atoms with Gasteiger partial charge < -0.3 is 10.4 Å². The normalized spacial score (nSPS) is 11.2. The lowest BCUT2D eigenvalue weighted by Gasteiger charge is -2.27. The Balaban J connectivity index is 2.65. The molecule has 0 fully saturated rings. The van der Waals surface area contributed by atoms with E-state index >= 15 is 0 Å². The SMILES string of the molecule is CCC(CC)(NCC(=O)Nc1ccc(C)c(Cl)c1)C(=O)O. The number of benzene rings is 1. The van der Waals surface area contributed by atoms with Gasteiger partial charge in [0.25, 0.3) is 0 Å². The Morgan fingerprint density at radius 2 is 1.90 bits per heavy atom. The molecule has 0 aliphatic heterocycles. The van der Waals surface area contributed by atoms with Gasteiger partial charge in [0.15, 0.2) is 0 Å². The number of amides is 1. The minimum absolute atomic E-state index is 0.0700. The predicted molar refractivity (Wildman–Crippen MR) is 83.8 cm³/mol. The number of carboxylic acids is 1. The van der Waals surface area contributed by atoms with E-state index in [9.17, 15) is 14.7 Å². The summed E-state index contributed by atoms with van der Waals surface area (Å²) >= 11 is 5.99. The third-order valence-electron chi connectivity index (χ3n) is 3.66. The van der Waals surface area contributed by atoms with Crippen LogP contribution in [-0.4, -0.2) is 29.1 Å². The van der Waals surface area contributed by atoms with Crippen LogP contribution in [0.3, 0.4) is 0 Å². The van der Waals surface area contributed by atoms with Crippen molar-refractivity contribution in [3.05, 3.63) is 28.8 Å². The van der Waals surface area contributed by atoms with Gasteiger partial charge in [0.05, 0.1) is 6.54 Å². The van der Waals surface area contributed by atoms with Gasteiger partial charge in [-0.1, -0.05) is 31.5 Å². The van der Waals surface area contributed by atoms with E-state index in [0.29, 0.717) is 23.6 Å². The van der Waals surface area contributed by atoms with Gasteiger partial charge in [0.2, 0.25) is 5.91 Å². The molecule has 1 aromatic carbocycles. The summed E-state index contributed by atoms with van der Waals surface area (Å²) in [4.78, 5) is 23.2. The molecule has 0 saturated heterocycles. The van der Waals surface area contributed by atoms with Crippen LogP contribution in [0.15, 0.2) is 18.2 Å². The van der Waals surface area contributed by atoms with E-state index in [4.69, 9.17) is 11.6 Å². The van der Waals surface area contributed by atoms with E-state index < -0.39 is 11.5 Å². The number of aliphatic carboxylic acids is 1. The molecule has 0 aromatic heterocycles. The molecular weight excluding hydrogens is 292 g/mol. The number of carbonyl (C=O) groups excluding carboxylic acids is 1. The lowest BCUT2D eigenvalue weighted by Crippen LogP contribution is -2.53. The third-order valence-corrected chi connectivity index (χ3v) is 4.07. The lowest BCUT2D eigenvalue weighted by molar-refractivity contribution is -0.145. The highest BCUT2D eigenvalue weighted by atomic mass is 35.5. The molecule has 6 heteroatoms. The average Bonchev–Trinajstić information content (AvgIpc) is 2.44. The molecule has 116 valence electrons. The number of carboxylic acid groups (broad SMARTS) is 1. The van der Waals surface area contributed by atoms with E-state index in [1.54, 1.807) is 26.0 Å². The molecule has 1 rings (SSSR count). The van der Waals surface area contributed by atoms with Crippen molar-refractivity contribution in [1.82, 2.24) is 5.32 Å². The van der Waals surface area contributed by atoms with Crippen LogP contribution >= 0.6 is 11.6 Å². The fourth-order valence-corrected chi connectivity index (χ4v) is 2.18. The van der Waals surface area contributed by atoms with Gasteiger partial charge in [-0.2, -0.15) is 0 Å². The molecule has 0 unspecified atom stereocenters. The fraction of sp³-hybridized carbons (Fsp3) is 0.467. The van der Waals surface area contributed by atoms with Gasteiger partial charge in [-0.15, -0.1) is 0 Å². The Morgan fingerprint density at radius 3 is 2.38 bits per heavy atom. The number of aryl methyl sites for hydroxylation is 1. The van der Waals surface area contributed by atoms with Crippen molar-refractivity contribution in [2.45, 2.75) is 39.2 Å². The predicted octanol–water partition coefficient (Wildman–Crippen LogP) is 2.82. The third kappa shape index (κ3) is 4.44. The van der Waals surface area contributed by atoms with Crippen molar-refractivity contribution in [2.75, 3.05) is 11.9 Å². The number of halogens is 1. The molecule has 0 radical (unpaired) electrons. The maximum atomic E-state index is 11.9. The van der Waals surface area contributed by atoms with E-state index in [0.717, 1.165) is 5.56 Å². The largest absolute Gasteiger partial charge is 0.480 e. The first-order chi connectivity index (χ1) is 9.84. The van der Waals surface area contributed by atoms with Gasteiger partial charge in [0, 0.05) is 10.7 Å². The van der Waals surface area contributed by atoms with Crippen LogP contribution in [0.4, 0.5) is 5.69 Å². The Kier molecular flexibility index (Phi) is 6.18.